The highest BCUT2D eigenvalue weighted by atomic mass is 32.2. The number of nitriles is 1. The van der Waals surface area contributed by atoms with Gasteiger partial charge in [0.15, 0.2) is 0 Å². The highest BCUT2D eigenvalue weighted by molar-refractivity contribution is 8.00. The number of hydrogen-bond donors (Lipinski definition) is 3. The average Bonchev–Trinajstić information content (AvgIpc) is 2.62. The van der Waals surface area contributed by atoms with Crippen LogP contribution in [-0.4, -0.2) is 26.6 Å². The lowest BCUT2D eigenvalue weighted by atomic mass is 10.1. The molecule has 0 aliphatic carbocycles. The minimum Gasteiger partial charge on any atom is -0.319 e. The van der Waals surface area contributed by atoms with Crippen molar-refractivity contribution in [2.75, 3.05) is 11.1 Å². The standard InChI is InChI=1S/C19H17N5O3S/c1-9-4-10(2)13-6-12(7-20)18(22-14(13)5-9)28-8-15(25)23-16-11(3)21-19(27)24-17(16)26/h4-6H,8H2,1-3H3,(H,23,25)(H2,21,24,26,27). The monoisotopic (exact) mass is 395 g/mol. The van der Waals surface area contributed by atoms with Crippen molar-refractivity contribution in [3.05, 3.63) is 61.4 Å². The number of fused-ring (bicyclic) bond motifs is 1. The number of H-pyrrole nitrogens is 2. The average molecular weight is 395 g/mol. The molecule has 1 aromatic carbocycles. The lowest BCUT2D eigenvalue weighted by molar-refractivity contribution is -0.113. The fourth-order valence-electron chi connectivity index (χ4n) is 2.86. The van der Waals surface area contributed by atoms with Crippen molar-refractivity contribution >= 4 is 34.3 Å². The number of benzene rings is 1. The molecule has 2 heterocycles. The van der Waals surface area contributed by atoms with E-state index in [1.807, 2.05) is 26.0 Å². The molecule has 3 rings (SSSR count). The van der Waals surface area contributed by atoms with E-state index in [4.69, 9.17) is 0 Å². The quantitative estimate of drug-likeness (QED) is 0.580. The third-order valence-electron chi connectivity index (χ3n) is 4.11. The number of hydrogen-bond acceptors (Lipinski definition) is 6. The number of anilines is 1. The Hall–Kier alpha value is -3.38. The molecule has 0 spiro atoms. The Morgan fingerprint density at radius 2 is 1.96 bits per heavy atom. The van der Waals surface area contributed by atoms with Crippen molar-refractivity contribution in [2.45, 2.75) is 25.8 Å². The smallest absolute Gasteiger partial charge is 0.319 e. The highest BCUT2D eigenvalue weighted by Gasteiger charge is 2.14. The lowest BCUT2D eigenvalue weighted by Crippen LogP contribution is -2.29. The fourth-order valence-corrected chi connectivity index (χ4v) is 3.63. The molecule has 0 unspecified atom stereocenters. The minimum atomic E-state index is -0.674. The van der Waals surface area contributed by atoms with Crippen molar-refractivity contribution in [1.82, 2.24) is 15.0 Å². The van der Waals surface area contributed by atoms with Gasteiger partial charge in [0, 0.05) is 11.1 Å². The van der Waals surface area contributed by atoms with Crippen molar-refractivity contribution in [3.8, 4) is 6.07 Å². The molecule has 1 amide bonds. The summed E-state index contributed by atoms with van der Waals surface area (Å²) in [7, 11) is 0. The maximum absolute atomic E-state index is 12.3. The van der Waals surface area contributed by atoms with Gasteiger partial charge in [-0.3, -0.25) is 14.6 Å². The maximum Gasteiger partial charge on any atom is 0.326 e. The third-order valence-corrected chi connectivity index (χ3v) is 5.10. The van der Waals surface area contributed by atoms with Crippen LogP contribution in [0.3, 0.4) is 0 Å². The molecule has 0 aliphatic rings. The maximum atomic E-state index is 12.3. The van der Waals surface area contributed by atoms with Gasteiger partial charge in [-0.05, 0) is 44.0 Å². The summed E-state index contributed by atoms with van der Waals surface area (Å²) in [6.07, 6.45) is 0. The molecule has 9 heteroatoms. The molecule has 0 saturated carbocycles. The van der Waals surface area contributed by atoms with E-state index in [1.165, 1.54) is 6.92 Å². The van der Waals surface area contributed by atoms with Gasteiger partial charge in [0.2, 0.25) is 5.91 Å². The van der Waals surface area contributed by atoms with Crippen LogP contribution in [0.2, 0.25) is 0 Å². The summed E-state index contributed by atoms with van der Waals surface area (Å²) in [6, 6.07) is 7.84. The summed E-state index contributed by atoms with van der Waals surface area (Å²) in [5.41, 5.74) is 2.17. The number of carbonyl (C=O) groups is 1. The predicted molar refractivity (Wildman–Crippen MR) is 108 cm³/mol. The summed E-state index contributed by atoms with van der Waals surface area (Å²) in [5, 5.41) is 13.3. The first-order valence-electron chi connectivity index (χ1n) is 8.36. The van der Waals surface area contributed by atoms with E-state index in [2.05, 4.69) is 26.3 Å². The molecule has 8 nitrogen and oxygen atoms in total. The second kappa shape index (κ2) is 7.70. The molecule has 28 heavy (non-hydrogen) atoms. The first-order chi connectivity index (χ1) is 13.3. The number of amides is 1. The molecule has 142 valence electrons. The Balaban J connectivity index is 1.83. The number of aryl methyl sites for hydroxylation is 3. The van der Waals surface area contributed by atoms with Gasteiger partial charge in [-0.1, -0.05) is 17.8 Å². The van der Waals surface area contributed by atoms with Gasteiger partial charge >= 0.3 is 5.69 Å². The van der Waals surface area contributed by atoms with Crippen LogP contribution in [0.15, 0.2) is 32.8 Å². The molecule has 0 bridgehead atoms. The SMILES string of the molecule is Cc1cc(C)c2cc(C#N)c(SCC(=O)Nc3c(C)[nH]c(=O)[nH]c3=O)nc2c1. The van der Waals surface area contributed by atoms with Crippen LogP contribution in [0.25, 0.3) is 10.9 Å². The van der Waals surface area contributed by atoms with Crippen molar-refractivity contribution in [1.29, 1.82) is 5.26 Å². The zero-order valence-corrected chi connectivity index (χ0v) is 16.3. The third kappa shape index (κ3) is 3.97. The molecular formula is C19H17N5O3S. The van der Waals surface area contributed by atoms with E-state index in [1.54, 1.807) is 6.07 Å². The van der Waals surface area contributed by atoms with Crippen molar-refractivity contribution in [2.24, 2.45) is 0 Å². The Kier molecular flexibility index (Phi) is 5.33. The van der Waals surface area contributed by atoms with Crippen LogP contribution in [0.4, 0.5) is 5.69 Å². The predicted octanol–water partition coefficient (Wildman–Crippen LogP) is 2.14. The molecular weight excluding hydrogens is 378 g/mol. The van der Waals surface area contributed by atoms with Crippen LogP contribution < -0.4 is 16.6 Å². The molecule has 0 fully saturated rings. The van der Waals surface area contributed by atoms with Gasteiger partial charge in [0.25, 0.3) is 5.56 Å². The van der Waals surface area contributed by atoms with Gasteiger partial charge in [0.1, 0.15) is 16.8 Å². The normalized spacial score (nSPS) is 10.6. The van der Waals surface area contributed by atoms with E-state index in [-0.39, 0.29) is 17.1 Å². The highest BCUT2D eigenvalue weighted by Crippen LogP contribution is 2.27. The van der Waals surface area contributed by atoms with Gasteiger partial charge < -0.3 is 10.3 Å². The van der Waals surface area contributed by atoms with Crippen LogP contribution in [0.1, 0.15) is 22.4 Å². The van der Waals surface area contributed by atoms with Crippen molar-refractivity contribution < 1.29 is 4.79 Å². The number of thioether (sulfide) groups is 1. The summed E-state index contributed by atoms with van der Waals surface area (Å²) in [6.45, 7) is 5.45. The summed E-state index contributed by atoms with van der Waals surface area (Å²) >= 11 is 1.11. The number of aromatic amines is 2. The van der Waals surface area contributed by atoms with Gasteiger partial charge in [-0.2, -0.15) is 5.26 Å². The molecule has 2 aromatic heterocycles. The Bertz CT molecular complexity index is 1250. The van der Waals surface area contributed by atoms with E-state index < -0.39 is 17.2 Å². The van der Waals surface area contributed by atoms with Crippen molar-refractivity contribution in [3.63, 3.8) is 0 Å². The summed E-state index contributed by atoms with van der Waals surface area (Å²) in [5.74, 6) is -0.493. The zero-order valence-electron chi connectivity index (χ0n) is 15.5. The number of pyridine rings is 1. The van der Waals surface area contributed by atoms with E-state index in [0.29, 0.717) is 10.6 Å². The van der Waals surface area contributed by atoms with Gasteiger partial charge in [0.05, 0.1) is 16.8 Å². The zero-order chi connectivity index (χ0) is 20.4. The molecule has 0 saturated heterocycles. The summed E-state index contributed by atoms with van der Waals surface area (Å²) < 4.78 is 0. The van der Waals surface area contributed by atoms with Crippen LogP contribution in [-0.2, 0) is 4.79 Å². The lowest BCUT2D eigenvalue weighted by Gasteiger charge is -2.09. The fraction of sp³-hybridized carbons (Fsp3) is 0.211. The van der Waals surface area contributed by atoms with Gasteiger partial charge in [-0.15, -0.1) is 0 Å². The number of nitrogens with zero attached hydrogens (tertiary/aromatic N) is 2. The molecule has 3 N–H and O–H groups in total. The molecule has 3 aromatic rings. The largest absolute Gasteiger partial charge is 0.326 e. The number of rotatable bonds is 4. The molecule has 0 atom stereocenters. The Morgan fingerprint density at radius 1 is 1.21 bits per heavy atom. The first kappa shape index (κ1) is 19.4. The van der Waals surface area contributed by atoms with Crippen LogP contribution in [0, 0.1) is 32.1 Å². The van der Waals surface area contributed by atoms with Crippen LogP contribution in [0.5, 0.6) is 0 Å². The molecule has 0 radical (unpaired) electrons. The van der Waals surface area contributed by atoms with Gasteiger partial charge in [-0.25, -0.2) is 9.78 Å². The number of nitrogens with one attached hydrogen (secondary N) is 3. The van der Waals surface area contributed by atoms with E-state index >= 15 is 0 Å². The minimum absolute atomic E-state index is 0.0107. The molecule has 0 aliphatic heterocycles. The van der Waals surface area contributed by atoms with E-state index in [9.17, 15) is 19.6 Å². The number of carbonyl (C=O) groups excluding carboxylic acids is 1. The van der Waals surface area contributed by atoms with E-state index in [0.717, 1.165) is 33.8 Å². The number of aromatic nitrogens is 3. The topological polar surface area (TPSA) is 132 Å². The second-order valence-corrected chi connectivity index (χ2v) is 7.31. The first-order valence-corrected chi connectivity index (χ1v) is 9.35. The second-order valence-electron chi connectivity index (χ2n) is 6.35. The Morgan fingerprint density at radius 3 is 2.64 bits per heavy atom. The Labute approximate surface area is 164 Å². The van der Waals surface area contributed by atoms with Crippen LogP contribution >= 0.6 is 11.8 Å². The summed E-state index contributed by atoms with van der Waals surface area (Å²) in [4.78, 5) is 44.3.